The van der Waals surface area contributed by atoms with E-state index < -0.39 is 11.6 Å². The summed E-state index contributed by atoms with van der Waals surface area (Å²) in [4.78, 5) is 28.4. The molecule has 0 spiro atoms. The van der Waals surface area contributed by atoms with Gasteiger partial charge in [0.2, 0.25) is 0 Å². The number of nitrogens with zero attached hydrogens (tertiary/aromatic N) is 2. The van der Waals surface area contributed by atoms with Crippen molar-refractivity contribution in [1.29, 1.82) is 0 Å². The normalized spacial score (nSPS) is 16.3. The summed E-state index contributed by atoms with van der Waals surface area (Å²) in [5.41, 5.74) is 1.31. The van der Waals surface area contributed by atoms with Crippen LogP contribution in [0.4, 0.5) is 0 Å². The summed E-state index contributed by atoms with van der Waals surface area (Å²) in [6.07, 6.45) is 0. The molecule has 1 atom stereocenters. The molecule has 0 bridgehead atoms. The van der Waals surface area contributed by atoms with E-state index in [4.69, 9.17) is 4.74 Å². The van der Waals surface area contributed by atoms with Crippen LogP contribution in [0.5, 0.6) is 0 Å². The Kier molecular flexibility index (Phi) is 6.75. The van der Waals surface area contributed by atoms with E-state index in [1.165, 1.54) is 18.1 Å². The lowest BCUT2D eigenvalue weighted by atomic mass is 9.96. The Bertz CT molecular complexity index is 844. The van der Waals surface area contributed by atoms with Crippen molar-refractivity contribution >= 4 is 27.8 Å². The Hall–Kier alpha value is -2.18. The van der Waals surface area contributed by atoms with Crippen molar-refractivity contribution in [2.45, 2.75) is 32.4 Å². The summed E-state index contributed by atoms with van der Waals surface area (Å²) in [6, 6.07) is 19.0. The van der Waals surface area contributed by atoms with Crippen molar-refractivity contribution in [3.05, 3.63) is 70.2 Å². The maximum Gasteiger partial charge on any atom is 0.303 e. The van der Waals surface area contributed by atoms with Crippen molar-refractivity contribution < 1.29 is 14.3 Å². The van der Waals surface area contributed by atoms with E-state index in [-0.39, 0.29) is 11.9 Å². The lowest BCUT2D eigenvalue weighted by molar-refractivity contribution is -0.169. The van der Waals surface area contributed by atoms with Gasteiger partial charge in [-0.05, 0) is 37.1 Å². The molecule has 29 heavy (non-hydrogen) atoms. The molecule has 0 aromatic heterocycles. The molecule has 1 heterocycles. The Morgan fingerprint density at radius 3 is 2.03 bits per heavy atom. The SMILES string of the molecule is CC(=O)OC(C)(C)C(=O)N1CCN(C(c2ccccc2)c2ccc(Br)cc2)CC1. The molecule has 0 radical (unpaired) electrons. The first-order valence-corrected chi connectivity index (χ1v) is 10.6. The van der Waals surface area contributed by atoms with Crippen LogP contribution in [-0.2, 0) is 14.3 Å². The van der Waals surface area contributed by atoms with E-state index in [0.717, 1.165) is 17.6 Å². The second kappa shape index (κ2) is 9.09. The molecular weight excluding hydrogens is 432 g/mol. The van der Waals surface area contributed by atoms with Crippen LogP contribution in [0.15, 0.2) is 59.1 Å². The largest absolute Gasteiger partial charge is 0.450 e. The van der Waals surface area contributed by atoms with Gasteiger partial charge in [-0.25, -0.2) is 0 Å². The number of carbonyl (C=O) groups is 2. The fourth-order valence-corrected chi connectivity index (χ4v) is 4.13. The van der Waals surface area contributed by atoms with Gasteiger partial charge < -0.3 is 9.64 Å². The fraction of sp³-hybridized carbons (Fsp3) is 0.391. The van der Waals surface area contributed by atoms with Crippen LogP contribution in [0.25, 0.3) is 0 Å². The number of piperazine rings is 1. The zero-order valence-electron chi connectivity index (χ0n) is 17.1. The van der Waals surface area contributed by atoms with Gasteiger partial charge in [-0.2, -0.15) is 0 Å². The molecule has 2 aromatic carbocycles. The van der Waals surface area contributed by atoms with Crippen molar-refractivity contribution in [2.24, 2.45) is 0 Å². The van der Waals surface area contributed by atoms with E-state index in [1.54, 1.807) is 18.7 Å². The van der Waals surface area contributed by atoms with Crippen LogP contribution < -0.4 is 0 Å². The molecule has 3 rings (SSSR count). The van der Waals surface area contributed by atoms with Crippen molar-refractivity contribution in [3.63, 3.8) is 0 Å². The number of esters is 1. The highest BCUT2D eigenvalue weighted by molar-refractivity contribution is 9.10. The maximum absolute atomic E-state index is 12.8. The lowest BCUT2D eigenvalue weighted by Gasteiger charge is -2.41. The Balaban J connectivity index is 1.76. The fourth-order valence-electron chi connectivity index (χ4n) is 3.86. The van der Waals surface area contributed by atoms with Crippen molar-refractivity contribution in [1.82, 2.24) is 9.80 Å². The van der Waals surface area contributed by atoms with Gasteiger partial charge in [-0.3, -0.25) is 14.5 Å². The predicted molar refractivity (Wildman–Crippen MR) is 116 cm³/mol. The first kappa shape index (κ1) is 21.5. The number of rotatable bonds is 5. The molecular formula is C23H27BrN2O3. The van der Waals surface area contributed by atoms with E-state index >= 15 is 0 Å². The Morgan fingerprint density at radius 2 is 1.48 bits per heavy atom. The molecule has 6 heteroatoms. The predicted octanol–water partition coefficient (Wildman–Crippen LogP) is 4.02. The number of hydrogen-bond acceptors (Lipinski definition) is 4. The number of benzene rings is 2. The van der Waals surface area contributed by atoms with Crippen LogP contribution in [-0.4, -0.2) is 53.5 Å². The summed E-state index contributed by atoms with van der Waals surface area (Å²) in [6.45, 7) is 7.33. The van der Waals surface area contributed by atoms with Gasteiger partial charge in [0.05, 0.1) is 6.04 Å². The summed E-state index contributed by atoms with van der Waals surface area (Å²) >= 11 is 3.51. The van der Waals surface area contributed by atoms with Crippen LogP contribution in [0.3, 0.4) is 0 Å². The first-order chi connectivity index (χ1) is 13.8. The minimum Gasteiger partial charge on any atom is -0.450 e. The summed E-state index contributed by atoms with van der Waals surface area (Å²) in [5, 5.41) is 0. The molecule has 0 saturated carbocycles. The molecule has 1 amide bonds. The van der Waals surface area contributed by atoms with Crippen LogP contribution >= 0.6 is 15.9 Å². The third kappa shape index (κ3) is 5.25. The monoisotopic (exact) mass is 458 g/mol. The minimum atomic E-state index is -1.14. The zero-order chi connectivity index (χ0) is 21.0. The molecule has 1 saturated heterocycles. The highest BCUT2D eigenvalue weighted by atomic mass is 79.9. The molecule has 1 fully saturated rings. The molecule has 1 aliphatic heterocycles. The van der Waals surface area contributed by atoms with Gasteiger partial charge in [0, 0.05) is 37.6 Å². The molecule has 5 nitrogen and oxygen atoms in total. The van der Waals surface area contributed by atoms with Gasteiger partial charge >= 0.3 is 5.97 Å². The maximum atomic E-state index is 12.8. The van der Waals surface area contributed by atoms with Crippen molar-refractivity contribution in [2.75, 3.05) is 26.2 Å². The standard InChI is InChI=1S/C23H27BrN2O3/c1-17(27)29-23(2,3)22(28)26-15-13-25(14-16-26)21(18-7-5-4-6-8-18)19-9-11-20(24)12-10-19/h4-12,21H,13-16H2,1-3H3. The van der Waals surface area contributed by atoms with Gasteiger partial charge in [-0.1, -0.05) is 58.4 Å². The van der Waals surface area contributed by atoms with Gasteiger partial charge in [0.1, 0.15) is 0 Å². The molecule has 1 aliphatic rings. The summed E-state index contributed by atoms with van der Waals surface area (Å²) < 4.78 is 6.28. The Labute approximate surface area is 180 Å². The third-order valence-corrected chi connectivity index (χ3v) is 5.71. The lowest BCUT2D eigenvalue weighted by Crippen LogP contribution is -2.55. The van der Waals surface area contributed by atoms with Crippen LogP contribution in [0.2, 0.25) is 0 Å². The smallest absolute Gasteiger partial charge is 0.303 e. The highest BCUT2D eigenvalue weighted by Gasteiger charge is 2.37. The number of carbonyl (C=O) groups excluding carboxylic acids is 2. The topological polar surface area (TPSA) is 49.9 Å². The van der Waals surface area contributed by atoms with Gasteiger partial charge in [0.25, 0.3) is 5.91 Å². The number of ether oxygens (including phenoxy) is 1. The molecule has 154 valence electrons. The second-order valence-electron chi connectivity index (χ2n) is 7.80. The van der Waals surface area contributed by atoms with E-state index in [1.807, 2.05) is 6.07 Å². The first-order valence-electron chi connectivity index (χ1n) is 9.81. The number of hydrogen-bond donors (Lipinski definition) is 0. The number of amides is 1. The molecule has 0 aliphatic carbocycles. The van der Waals surface area contributed by atoms with Crippen LogP contribution in [0.1, 0.15) is 37.9 Å². The summed E-state index contributed by atoms with van der Waals surface area (Å²) in [5.74, 6) is -0.589. The van der Waals surface area contributed by atoms with Gasteiger partial charge in [0.15, 0.2) is 5.60 Å². The zero-order valence-corrected chi connectivity index (χ0v) is 18.7. The summed E-state index contributed by atoms with van der Waals surface area (Å²) in [7, 11) is 0. The highest BCUT2D eigenvalue weighted by Crippen LogP contribution is 2.31. The molecule has 2 aromatic rings. The minimum absolute atomic E-state index is 0.128. The van der Waals surface area contributed by atoms with Crippen molar-refractivity contribution in [3.8, 4) is 0 Å². The number of halogens is 1. The van der Waals surface area contributed by atoms with E-state index in [2.05, 4.69) is 69.4 Å². The average molecular weight is 459 g/mol. The van der Waals surface area contributed by atoms with E-state index in [9.17, 15) is 9.59 Å². The van der Waals surface area contributed by atoms with Gasteiger partial charge in [-0.15, -0.1) is 0 Å². The molecule has 1 unspecified atom stereocenters. The third-order valence-electron chi connectivity index (χ3n) is 5.18. The second-order valence-corrected chi connectivity index (χ2v) is 8.71. The van der Waals surface area contributed by atoms with E-state index in [0.29, 0.717) is 13.1 Å². The van der Waals surface area contributed by atoms with Crippen LogP contribution in [0, 0.1) is 0 Å². The quantitative estimate of drug-likeness (QED) is 0.634. The average Bonchev–Trinajstić information content (AvgIpc) is 2.69. The Morgan fingerprint density at radius 1 is 0.931 bits per heavy atom. The molecule has 0 N–H and O–H groups in total.